The fourth-order valence-electron chi connectivity index (χ4n) is 2.44. The van der Waals surface area contributed by atoms with Gasteiger partial charge in [0.1, 0.15) is 0 Å². The molecule has 0 saturated carbocycles. The van der Waals surface area contributed by atoms with Gasteiger partial charge in [0.05, 0.1) is 11.4 Å². The van der Waals surface area contributed by atoms with Crippen LogP contribution in [0.1, 0.15) is 42.8 Å². The van der Waals surface area contributed by atoms with Crippen molar-refractivity contribution in [3.05, 3.63) is 53.3 Å². The normalized spacial score (nSPS) is 12.6. The van der Waals surface area contributed by atoms with Crippen molar-refractivity contribution in [2.75, 3.05) is 0 Å². The van der Waals surface area contributed by atoms with E-state index in [-0.39, 0.29) is 6.04 Å². The van der Waals surface area contributed by atoms with E-state index in [0.717, 1.165) is 37.2 Å². The second kappa shape index (κ2) is 6.53. The summed E-state index contributed by atoms with van der Waals surface area (Å²) in [5.74, 6) is 0. The number of aryl methyl sites for hydroxylation is 3. The molecule has 2 aromatic rings. The summed E-state index contributed by atoms with van der Waals surface area (Å²) in [6.07, 6.45) is 3.20. The van der Waals surface area contributed by atoms with Gasteiger partial charge in [0.15, 0.2) is 0 Å². The van der Waals surface area contributed by atoms with Crippen LogP contribution in [0.5, 0.6) is 0 Å². The Morgan fingerprint density at radius 2 is 2.00 bits per heavy atom. The van der Waals surface area contributed by atoms with E-state index in [9.17, 15) is 0 Å². The zero-order valence-corrected chi connectivity index (χ0v) is 11.8. The van der Waals surface area contributed by atoms with E-state index in [1.54, 1.807) is 0 Å². The van der Waals surface area contributed by atoms with Crippen molar-refractivity contribution >= 4 is 0 Å². The van der Waals surface area contributed by atoms with Crippen molar-refractivity contribution < 1.29 is 0 Å². The largest absolute Gasteiger partial charge is 0.323 e. The quantitative estimate of drug-likeness (QED) is 0.863. The zero-order chi connectivity index (χ0) is 13.7. The topological polar surface area (TPSA) is 43.8 Å². The minimum atomic E-state index is 0.0878. The minimum Gasteiger partial charge on any atom is -0.323 e. The van der Waals surface area contributed by atoms with Crippen LogP contribution in [-0.2, 0) is 13.0 Å². The number of aromatic nitrogens is 2. The lowest BCUT2D eigenvalue weighted by molar-refractivity contribution is 0.532. The van der Waals surface area contributed by atoms with Gasteiger partial charge in [0.2, 0.25) is 0 Å². The Bertz CT molecular complexity index is 502. The molecule has 0 radical (unpaired) electrons. The highest BCUT2D eigenvalue weighted by molar-refractivity contribution is 5.15. The maximum Gasteiger partial charge on any atom is 0.0597 e. The number of nitrogens with two attached hydrogens (primary N) is 1. The smallest absolute Gasteiger partial charge is 0.0597 e. The Labute approximate surface area is 115 Å². The Hall–Kier alpha value is -1.61. The molecule has 102 valence electrons. The standard InChI is InChI=1S/C16H23N3/c1-3-19-16(12-13(2)18-19)15(17)11-7-10-14-8-5-4-6-9-14/h4-6,8-9,12,15H,3,7,10-11,17H2,1-2H3. The Balaban J connectivity index is 1.89. The molecule has 1 unspecified atom stereocenters. The van der Waals surface area contributed by atoms with Crippen LogP contribution < -0.4 is 5.73 Å². The van der Waals surface area contributed by atoms with Crippen molar-refractivity contribution in [3.63, 3.8) is 0 Å². The van der Waals surface area contributed by atoms with Gasteiger partial charge in [0.25, 0.3) is 0 Å². The molecule has 0 aliphatic heterocycles. The van der Waals surface area contributed by atoms with E-state index in [1.165, 1.54) is 5.56 Å². The molecule has 19 heavy (non-hydrogen) atoms. The van der Waals surface area contributed by atoms with Crippen molar-refractivity contribution in [2.24, 2.45) is 5.73 Å². The van der Waals surface area contributed by atoms with Crippen LogP contribution in [0, 0.1) is 6.92 Å². The molecule has 0 aliphatic carbocycles. The summed E-state index contributed by atoms with van der Waals surface area (Å²) in [5.41, 5.74) is 9.88. The third-order valence-corrected chi connectivity index (χ3v) is 3.44. The summed E-state index contributed by atoms with van der Waals surface area (Å²) >= 11 is 0. The molecule has 0 saturated heterocycles. The van der Waals surface area contributed by atoms with E-state index in [2.05, 4.69) is 48.4 Å². The van der Waals surface area contributed by atoms with Crippen LogP contribution >= 0.6 is 0 Å². The van der Waals surface area contributed by atoms with Gasteiger partial charge in [-0.2, -0.15) is 5.10 Å². The van der Waals surface area contributed by atoms with Gasteiger partial charge in [-0.05, 0) is 44.7 Å². The highest BCUT2D eigenvalue weighted by Gasteiger charge is 2.12. The lowest BCUT2D eigenvalue weighted by Crippen LogP contribution is -2.16. The average Bonchev–Trinajstić information content (AvgIpc) is 2.81. The molecule has 1 heterocycles. The van der Waals surface area contributed by atoms with Gasteiger partial charge in [-0.15, -0.1) is 0 Å². The maximum absolute atomic E-state index is 6.29. The summed E-state index contributed by atoms with van der Waals surface area (Å²) in [5, 5.41) is 4.45. The summed E-state index contributed by atoms with van der Waals surface area (Å²) in [6.45, 7) is 5.01. The summed E-state index contributed by atoms with van der Waals surface area (Å²) < 4.78 is 2.02. The van der Waals surface area contributed by atoms with Crippen molar-refractivity contribution in [3.8, 4) is 0 Å². The van der Waals surface area contributed by atoms with Crippen molar-refractivity contribution in [1.82, 2.24) is 9.78 Å². The van der Waals surface area contributed by atoms with Gasteiger partial charge in [-0.25, -0.2) is 0 Å². The van der Waals surface area contributed by atoms with Crippen molar-refractivity contribution in [2.45, 2.75) is 45.7 Å². The predicted octanol–water partition coefficient (Wildman–Crippen LogP) is 3.23. The molecule has 0 aliphatic rings. The van der Waals surface area contributed by atoms with E-state index in [0.29, 0.717) is 0 Å². The van der Waals surface area contributed by atoms with E-state index < -0.39 is 0 Å². The molecule has 2 rings (SSSR count). The summed E-state index contributed by atoms with van der Waals surface area (Å²) in [6, 6.07) is 12.8. The second-order valence-electron chi connectivity index (χ2n) is 5.01. The molecule has 1 aromatic heterocycles. The van der Waals surface area contributed by atoms with Gasteiger partial charge in [-0.1, -0.05) is 30.3 Å². The van der Waals surface area contributed by atoms with Gasteiger partial charge in [-0.3, -0.25) is 4.68 Å². The third-order valence-electron chi connectivity index (χ3n) is 3.44. The maximum atomic E-state index is 6.29. The van der Waals surface area contributed by atoms with Crippen LogP contribution in [0.15, 0.2) is 36.4 Å². The first-order chi connectivity index (χ1) is 9.20. The molecule has 3 nitrogen and oxygen atoms in total. The monoisotopic (exact) mass is 257 g/mol. The van der Waals surface area contributed by atoms with Crippen LogP contribution in [0.2, 0.25) is 0 Å². The number of hydrogen-bond donors (Lipinski definition) is 1. The van der Waals surface area contributed by atoms with E-state index >= 15 is 0 Å². The van der Waals surface area contributed by atoms with Crippen LogP contribution in [0.4, 0.5) is 0 Å². The van der Waals surface area contributed by atoms with Crippen LogP contribution in [-0.4, -0.2) is 9.78 Å². The minimum absolute atomic E-state index is 0.0878. The first-order valence-electron chi connectivity index (χ1n) is 7.04. The lowest BCUT2D eigenvalue weighted by Gasteiger charge is -2.13. The molecule has 1 atom stereocenters. The number of hydrogen-bond acceptors (Lipinski definition) is 2. The highest BCUT2D eigenvalue weighted by atomic mass is 15.3. The second-order valence-corrected chi connectivity index (χ2v) is 5.01. The van der Waals surface area contributed by atoms with E-state index in [4.69, 9.17) is 5.73 Å². The van der Waals surface area contributed by atoms with Crippen molar-refractivity contribution in [1.29, 1.82) is 0 Å². The fourth-order valence-corrected chi connectivity index (χ4v) is 2.44. The van der Waals surface area contributed by atoms with Crippen LogP contribution in [0.3, 0.4) is 0 Å². The first-order valence-corrected chi connectivity index (χ1v) is 7.04. The highest BCUT2D eigenvalue weighted by Crippen LogP contribution is 2.18. The first kappa shape index (κ1) is 13.8. The molecular weight excluding hydrogens is 234 g/mol. The fraction of sp³-hybridized carbons (Fsp3) is 0.438. The predicted molar refractivity (Wildman–Crippen MR) is 78.9 cm³/mol. The average molecular weight is 257 g/mol. The molecule has 3 heteroatoms. The Morgan fingerprint density at radius 3 is 2.68 bits per heavy atom. The molecule has 0 bridgehead atoms. The zero-order valence-electron chi connectivity index (χ0n) is 11.8. The number of rotatable bonds is 6. The molecule has 0 amide bonds. The lowest BCUT2D eigenvalue weighted by atomic mass is 10.0. The summed E-state index contributed by atoms with van der Waals surface area (Å²) in [7, 11) is 0. The van der Waals surface area contributed by atoms with Crippen LogP contribution in [0.25, 0.3) is 0 Å². The molecule has 0 spiro atoms. The Morgan fingerprint density at radius 1 is 1.26 bits per heavy atom. The van der Waals surface area contributed by atoms with Gasteiger partial charge >= 0.3 is 0 Å². The summed E-state index contributed by atoms with van der Waals surface area (Å²) in [4.78, 5) is 0. The molecule has 2 N–H and O–H groups in total. The number of nitrogens with zero attached hydrogens (tertiary/aromatic N) is 2. The van der Waals surface area contributed by atoms with E-state index in [1.807, 2.05) is 11.6 Å². The molecular formula is C16H23N3. The number of benzene rings is 1. The van der Waals surface area contributed by atoms with Gasteiger partial charge < -0.3 is 5.73 Å². The van der Waals surface area contributed by atoms with Gasteiger partial charge in [0, 0.05) is 12.6 Å². The Kier molecular flexibility index (Phi) is 4.74. The third kappa shape index (κ3) is 3.67. The molecule has 0 fully saturated rings. The SMILES string of the molecule is CCn1nc(C)cc1C(N)CCCc1ccccc1. The molecule has 1 aromatic carbocycles.